The van der Waals surface area contributed by atoms with Gasteiger partial charge in [-0.25, -0.2) is 4.98 Å². The molecule has 3 rings (SSSR count). The summed E-state index contributed by atoms with van der Waals surface area (Å²) in [7, 11) is 1.94. The monoisotopic (exact) mass is 294 g/mol. The maximum atomic E-state index is 4.27. The van der Waals surface area contributed by atoms with Crippen molar-refractivity contribution in [1.82, 2.24) is 24.7 Å². The number of nitrogens with zero attached hydrogens (tertiary/aromatic N) is 5. The average molecular weight is 294 g/mol. The third-order valence-corrected chi connectivity index (χ3v) is 3.37. The standard InChI is InChI=1S/C16H18N6/c1-12(10-13-4-3-7-17-11-13)19-15-6-5-14(20-21-15)16-18-8-9-22(16)2/h3-9,11-12H,10H2,1-2H3,(H,19,21)/t12-/m0/s1. The SMILES string of the molecule is C[C@@H](Cc1cccnc1)Nc1ccc(-c2nccn2C)nn1. The van der Waals surface area contributed by atoms with E-state index in [0.29, 0.717) is 0 Å². The Hall–Kier alpha value is -2.76. The summed E-state index contributed by atoms with van der Waals surface area (Å²) >= 11 is 0. The molecule has 0 spiro atoms. The molecule has 0 unspecified atom stereocenters. The van der Waals surface area contributed by atoms with Crippen molar-refractivity contribution in [2.75, 3.05) is 5.32 Å². The molecule has 0 amide bonds. The zero-order chi connectivity index (χ0) is 15.4. The molecular weight excluding hydrogens is 276 g/mol. The van der Waals surface area contributed by atoms with Crippen molar-refractivity contribution in [1.29, 1.82) is 0 Å². The predicted octanol–water partition coefficient (Wildman–Crippen LogP) is 2.32. The number of hydrogen-bond acceptors (Lipinski definition) is 5. The van der Waals surface area contributed by atoms with Gasteiger partial charge in [0.1, 0.15) is 11.5 Å². The smallest absolute Gasteiger partial charge is 0.160 e. The first-order chi connectivity index (χ1) is 10.7. The number of rotatable bonds is 5. The Morgan fingerprint density at radius 3 is 2.73 bits per heavy atom. The Bertz CT molecular complexity index is 720. The lowest BCUT2D eigenvalue weighted by Crippen LogP contribution is -2.19. The Kier molecular flexibility index (Phi) is 4.09. The molecule has 22 heavy (non-hydrogen) atoms. The molecule has 0 radical (unpaired) electrons. The van der Waals surface area contributed by atoms with Crippen LogP contribution in [0.15, 0.2) is 49.1 Å². The Morgan fingerprint density at radius 1 is 1.18 bits per heavy atom. The molecule has 3 aromatic rings. The lowest BCUT2D eigenvalue weighted by molar-refractivity contribution is 0.776. The van der Waals surface area contributed by atoms with Crippen LogP contribution in [0.5, 0.6) is 0 Å². The van der Waals surface area contributed by atoms with Gasteiger partial charge in [0.25, 0.3) is 0 Å². The highest BCUT2D eigenvalue weighted by molar-refractivity contribution is 5.51. The van der Waals surface area contributed by atoms with E-state index in [0.717, 1.165) is 23.8 Å². The van der Waals surface area contributed by atoms with Gasteiger partial charge in [-0.2, -0.15) is 0 Å². The highest BCUT2D eigenvalue weighted by atomic mass is 15.2. The molecule has 0 fully saturated rings. The molecule has 0 bridgehead atoms. The molecule has 0 aliphatic rings. The number of imidazole rings is 1. The van der Waals surface area contributed by atoms with Gasteiger partial charge in [0, 0.05) is 37.9 Å². The van der Waals surface area contributed by atoms with E-state index in [-0.39, 0.29) is 6.04 Å². The lowest BCUT2D eigenvalue weighted by atomic mass is 10.1. The summed E-state index contributed by atoms with van der Waals surface area (Å²) in [5.74, 6) is 1.57. The van der Waals surface area contributed by atoms with Crippen LogP contribution >= 0.6 is 0 Å². The Morgan fingerprint density at radius 2 is 2.09 bits per heavy atom. The van der Waals surface area contributed by atoms with Crippen LogP contribution in [-0.2, 0) is 13.5 Å². The predicted molar refractivity (Wildman–Crippen MR) is 85.3 cm³/mol. The van der Waals surface area contributed by atoms with Gasteiger partial charge >= 0.3 is 0 Å². The largest absolute Gasteiger partial charge is 0.366 e. The van der Waals surface area contributed by atoms with Gasteiger partial charge in [-0.15, -0.1) is 10.2 Å². The molecule has 0 saturated carbocycles. The number of aryl methyl sites for hydroxylation is 1. The summed E-state index contributed by atoms with van der Waals surface area (Å²) in [4.78, 5) is 8.39. The van der Waals surface area contributed by atoms with E-state index >= 15 is 0 Å². The van der Waals surface area contributed by atoms with Gasteiger partial charge in [-0.1, -0.05) is 6.07 Å². The van der Waals surface area contributed by atoms with Crippen molar-refractivity contribution in [3.05, 3.63) is 54.6 Å². The van der Waals surface area contributed by atoms with Crippen LogP contribution in [-0.4, -0.2) is 30.8 Å². The van der Waals surface area contributed by atoms with Crippen molar-refractivity contribution in [2.45, 2.75) is 19.4 Å². The highest BCUT2D eigenvalue weighted by Crippen LogP contribution is 2.15. The molecule has 0 aliphatic heterocycles. The zero-order valence-corrected chi connectivity index (χ0v) is 12.6. The molecule has 1 atom stereocenters. The summed E-state index contributed by atoms with van der Waals surface area (Å²) in [6.07, 6.45) is 8.19. The van der Waals surface area contributed by atoms with Crippen molar-refractivity contribution < 1.29 is 0 Å². The number of anilines is 1. The molecule has 3 heterocycles. The number of nitrogens with one attached hydrogen (secondary N) is 1. The van der Waals surface area contributed by atoms with Crippen LogP contribution in [0.4, 0.5) is 5.82 Å². The van der Waals surface area contributed by atoms with Gasteiger partial charge < -0.3 is 9.88 Å². The number of aromatic nitrogens is 5. The van der Waals surface area contributed by atoms with E-state index in [2.05, 4.69) is 38.5 Å². The molecule has 6 heteroatoms. The second-order valence-corrected chi connectivity index (χ2v) is 5.28. The molecule has 3 aromatic heterocycles. The fourth-order valence-electron chi connectivity index (χ4n) is 2.32. The van der Waals surface area contributed by atoms with Crippen LogP contribution in [0.2, 0.25) is 0 Å². The average Bonchev–Trinajstić information content (AvgIpc) is 2.95. The molecule has 112 valence electrons. The third kappa shape index (κ3) is 3.28. The highest BCUT2D eigenvalue weighted by Gasteiger charge is 2.08. The van der Waals surface area contributed by atoms with Crippen LogP contribution in [0.3, 0.4) is 0 Å². The maximum Gasteiger partial charge on any atom is 0.160 e. The van der Waals surface area contributed by atoms with Crippen molar-refractivity contribution in [3.63, 3.8) is 0 Å². The van der Waals surface area contributed by atoms with Gasteiger partial charge in [-0.05, 0) is 37.1 Å². The van der Waals surface area contributed by atoms with Crippen LogP contribution in [0, 0.1) is 0 Å². The molecule has 1 N–H and O–H groups in total. The molecule has 0 aromatic carbocycles. The second-order valence-electron chi connectivity index (χ2n) is 5.28. The quantitative estimate of drug-likeness (QED) is 0.782. The first-order valence-corrected chi connectivity index (χ1v) is 7.19. The molecule has 6 nitrogen and oxygen atoms in total. The van der Waals surface area contributed by atoms with E-state index in [1.54, 1.807) is 12.4 Å². The summed E-state index contributed by atoms with van der Waals surface area (Å²) in [5, 5.41) is 11.8. The molecular formula is C16H18N6. The van der Waals surface area contributed by atoms with Gasteiger partial charge in [-0.3, -0.25) is 4.98 Å². The fourth-order valence-corrected chi connectivity index (χ4v) is 2.32. The van der Waals surface area contributed by atoms with Crippen molar-refractivity contribution >= 4 is 5.82 Å². The van der Waals surface area contributed by atoms with Crippen LogP contribution in [0.1, 0.15) is 12.5 Å². The van der Waals surface area contributed by atoms with Crippen LogP contribution < -0.4 is 5.32 Å². The first-order valence-electron chi connectivity index (χ1n) is 7.19. The minimum atomic E-state index is 0.248. The first kappa shape index (κ1) is 14.2. The fraction of sp³-hybridized carbons (Fsp3) is 0.250. The van der Waals surface area contributed by atoms with E-state index in [9.17, 15) is 0 Å². The Labute approximate surface area is 129 Å². The summed E-state index contributed by atoms with van der Waals surface area (Å²) in [6, 6.07) is 8.12. The topological polar surface area (TPSA) is 68.5 Å². The van der Waals surface area contributed by atoms with Gasteiger partial charge in [0.15, 0.2) is 5.82 Å². The van der Waals surface area contributed by atoms with E-state index in [4.69, 9.17) is 0 Å². The number of pyridine rings is 1. The van der Waals surface area contributed by atoms with E-state index < -0.39 is 0 Å². The Balaban J connectivity index is 1.65. The van der Waals surface area contributed by atoms with E-state index in [1.807, 2.05) is 42.2 Å². The lowest BCUT2D eigenvalue weighted by Gasteiger charge is -2.14. The normalized spacial score (nSPS) is 12.1. The van der Waals surface area contributed by atoms with Crippen LogP contribution in [0.25, 0.3) is 11.5 Å². The second kappa shape index (κ2) is 6.34. The molecule has 0 saturated heterocycles. The summed E-state index contributed by atoms with van der Waals surface area (Å²) in [5.41, 5.74) is 1.96. The minimum Gasteiger partial charge on any atom is -0.366 e. The van der Waals surface area contributed by atoms with E-state index in [1.165, 1.54) is 5.56 Å². The van der Waals surface area contributed by atoms with Gasteiger partial charge in [0.2, 0.25) is 0 Å². The maximum absolute atomic E-state index is 4.27. The molecule has 0 aliphatic carbocycles. The zero-order valence-electron chi connectivity index (χ0n) is 12.6. The minimum absolute atomic E-state index is 0.248. The van der Waals surface area contributed by atoms with Crippen molar-refractivity contribution in [2.24, 2.45) is 7.05 Å². The summed E-state index contributed by atoms with van der Waals surface area (Å²) in [6.45, 7) is 2.11. The summed E-state index contributed by atoms with van der Waals surface area (Å²) < 4.78 is 1.92. The van der Waals surface area contributed by atoms with Crippen molar-refractivity contribution in [3.8, 4) is 11.5 Å². The number of hydrogen-bond donors (Lipinski definition) is 1. The third-order valence-electron chi connectivity index (χ3n) is 3.37. The van der Waals surface area contributed by atoms with Gasteiger partial charge in [0.05, 0.1) is 0 Å².